The highest BCUT2D eigenvalue weighted by Gasteiger charge is 2.49. The van der Waals surface area contributed by atoms with Gasteiger partial charge in [-0.05, 0) is 42.0 Å². The predicted molar refractivity (Wildman–Crippen MR) is 182 cm³/mol. The maximum atomic E-state index is 12.7. The number of benzene rings is 2. The summed E-state index contributed by atoms with van der Waals surface area (Å²) in [6.45, 7) is 4.30. The number of halogens is 1. The Hall–Kier alpha value is -5.69. The monoisotopic (exact) mass is 745 g/mol. The van der Waals surface area contributed by atoms with Crippen LogP contribution in [0.5, 0.6) is 0 Å². The van der Waals surface area contributed by atoms with Crippen LogP contribution in [0.15, 0.2) is 64.4 Å². The van der Waals surface area contributed by atoms with Crippen LogP contribution in [0.3, 0.4) is 0 Å². The maximum absolute atomic E-state index is 12.7. The number of nitrogens with one attached hydrogen (secondary N) is 1. The summed E-state index contributed by atoms with van der Waals surface area (Å²) in [5.74, 6) is -1.04. The molecule has 0 bridgehead atoms. The Balaban J connectivity index is 1.49. The van der Waals surface area contributed by atoms with E-state index in [9.17, 15) is 34.9 Å². The van der Waals surface area contributed by atoms with Crippen molar-refractivity contribution < 1.29 is 48.5 Å². The number of tetrazole rings is 1. The Bertz CT molecular complexity index is 1790. The van der Waals surface area contributed by atoms with E-state index in [4.69, 9.17) is 21.1 Å². The number of carbonyl (C=O) groups is 2. The van der Waals surface area contributed by atoms with Gasteiger partial charge in [-0.15, -0.1) is 30.4 Å². The second-order valence-corrected chi connectivity index (χ2v) is 12.3. The summed E-state index contributed by atoms with van der Waals surface area (Å²) in [7, 11) is 0. The fraction of sp³-hybridized carbons (Fsp3) is 0.438. The second kappa shape index (κ2) is 18.0. The number of amidine groups is 1. The van der Waals surface area contributed by atoms with Gasteiger partial charge in [0.15, 0.2) is 0 Å². The number of carboxylic acid groups (broad SMARTS) is 1. The molecule has 19 nitrogen and oxygen atoms in total. The minimum absolute atomic E-state index is 0.0178. The van der Waals surface area contributed by atoms with Crippen molar-refractivity contribution in [2.24, 2.45) is 10.9 Å². The lowest BCUT2D eigenvalue weighted by molar-refractivity contribution is -0.812. The number of unbranched alkanes of at least 4 members (excludes halogenated alkanes) is 1. The van der Waals surface area contributed by atoms with E-state index in [1.807, 2.05) is 55.5 Å². The Labute approximate surface area is 302 Å². The number of quaternary nitrogens is 1. The molecular weight excluding hydrogens is 708 g/mol. The van der Waals surface area contributed by atoms with E-state index in [0.29, 0.717) is 24.5 Å². The summed E-state index contributed by atoms with van der Waals surface area (Å²) < 4.78 is 10.2. The van der Waals surface area contributed by atoms with Crippen molar-refractivity contribution in [3.63, 3.8) is 0 Å². The number of hydrogen-bond acceptors (Lipinski definition) is 14. The summed E-state index contributed by atoms with van der Waals surface area (Å²) in [6.07, 6.45) is -1.71. The molecule has 1 aliphatic heterocycles. The predicted octanol–water partition coefficient (Wildman–Crippen LogP) is 5.30. The average Bonchev–Trinajstić information content (AvgIpc) is 3.72. The van der Waals surface area contributed by atoms with Crippen LogP contribution in [0.4, 0.5) is 4.79 Å². The van der Waals surface area contributed by atoms with Gasteiger partial charge in [-0.1, -0.05) is 80.4 Å². The molecule has 2 N–H and O–H groups in total. The Morgan fingerprint density at radius 1 is 1.00 bits per heavy atom. The highest BCUT2D eigenvalue weighted by Crippen LogP contribution is 2.37. The van der Waals surface area contributed by atoms with Crippen molar-refractivity contribution >= 4 is 29.6 Å². The number of hydrogen-bond donors (Lipinski definition) is 2. The zero-order valence-corrected chi connectivity index (χ0v) is 29.3. The zero-order chi connectivity index (χ0) is 37.8. The van der Waals surface area contributed by atoms with Gasteiger partial charge >= 0.3 is 12.1 Å². The van der Waals surface area contributed by atoms with Gasteiger partial charge in [0.25, 0.3) is 15.9 Å². The number of carbonyl (C=O) groups excluding carboxylic acids is 1. The molecule has 3 aromatic rings. The van der Waals surface area contributed by atoms with Gasteiger partial charge in [0.05, 0.1) is 6.61 Å². The van der Waals surface area contributed by atoms with E-state index in [1.165, 1.54) is 13.8 Å². The second-order valence-electron chi connectivity index (χ2n) is 11.9. The molecule has 0 saturated heterocycles. The number of rotatable bonds is 20. The summed E-state index contributed by atoms with van der Waals surface area (Å²) in [5, 5.41) is 44.0. The molecule has 0 radical (unpaired) electrons. The van der Waals surface area contributed by atoms with Gasteiger partial charge < -0.3 is 24.3 Å². The van der Waals surface area contributed by atoms with Crippen LogP contribution in [-0.2, 0) is 30.5 Å². The summed E-state index contributed by atoms with van der Waals surface area (Å²) in [6, 6.07) is 15.1. The molecule has 0 amide bonds. The lowest BCUT2D eigenvalue weighted by Gasteiger charge is -2.35. The molecule has 2 unspecified atom stereocenters. The van der Waals surface area contributed by atoms with Gasteiger partial charge in [-0.3, -0.25) is 0 Å². The van der Waals surface area contributed by atoms with Gasteiger partial charge in [0.1, 0.15) is 31.9 Å². The molecular formula is C32H38ClN8O11+. The van der Waals surface area contributed by atoms with Crippen LogP contribution in [0.25, 0.3) is 22.5 Å². The number of ether oxygens (including phenoxy) is 2. The number of aromatic nitrogens is 4. The Kier molecular flexibility index (Phi) is 13.5. The lowest BCUT2D eigenvalue weighted by atomic mass is 9.97. The van der Waals surface area contributed by atoms with Crippen molar-refractivity contribution in [1.29, 1.82) is 0 Å². The van der Waals surface area contributed by atoms with E-state index in [1.54, 1.807) is 0 Å². The first-order valence-electron chi connectivity index (χ1n) is 16.3. The Morgan fingerprint density at radius 2 is 1.67 bits per heavy atom. The summed E-state index contributed by atoms with van der Waals surface area (Å²) >= 11 is 6.46. The number of carboxylic acids is 1. The normalized spacial score (nSPS) is 17.1. The summed E-state index contributed by atoms with van der Waals surface area (Å²) in [5.41, 5.74) is 3.09. The van der Waals surface area contributed by atoms with Crippen LogP contribution < -0.4 is 0 Å². The molecule has 278 valence electrons. The molecule has 0 saturated carbocycles. The van der Waals surface area contributed by atoms with E-state index in [2.05, 4.69) is 35.3 Å². The molecule has 4 atom stereocenters. The van der Waals surface area contributed by atoms with Crippen LogP contribution in [0.2, 0.25) is 0 Å². The molecule has 52 heavy (non-hydrogen) atoms. The zero-order valence-electron chi connectivity index (χ0n) is 28.5. The largest absolute Gasteiger partial charge is 0.508 e. The first-order chi connectivity index (χ1) is 24.9. The van der Waals surface area contributed by atoms with E-state index in [0.717, 1.165) is 28.7 Å². The van der Waals surface area contributed by atoms with E-state index < -0.39 is 40.4 Å². The fourth-order valence-corrected chi connectivity index (χ4v) is 6.35. The quantitative estimate of drug-likeness (QED) is 0.0490. The van der Waals surface area contributed by atoms with Crippen LogP contribution in [0, 0.1) is 26.1 Å². The number of aliphatic imine (C=N–C) groups is 1. The number of aromatic amines is 1. The molecule has 0 fully saturated rings. The van der Waals surface area contributed by atoms with Crippen LogP contribution in [0.1, 0.15) is 52.0 Å². The number of aliphatic carboxylic acids is 1. The molecule has 2 heterocycles. The molecule has 4 rings (SSSR count). The number of nitrogens with zero attached hydrogens (tertiary/aromatic N) is 7. The first kappa shape index (κ1) is 39.1. The van der Waals surface area contributed by atoms with Crippen LogP contribution in [-0.4, -0.2) is 90.3 Å². The van der Waals surface area contributed by atoms with Crippen LogP contribution >= 0.6 is 11.6 Å². The topological polar surface area (TPSA) is 244 Å². The van der Waals surface area contributed by atoms with Gasteiger partial charge in [0.2, 0.25) is 16.8 Å². The molecule has 0 aliphatic carbocycles. The van der Waals surface area contributed by atoms with Crippen molar-refractivity contribution in [2.45, 2.75) is 65.2 Å². The van der Waals surface area contributed by atoms with Crippen molar-refractivity contribution in [3.8, 4) is 22.5 Å². The molecule has 1 aromatic heterocycles. The molecule has 0 spiro atoms. The van der Waals surface area contributed by atoms with Crippen molar-refractivity contribution in [1.82, 2.24) is 20.6 Å². The van der Waals surface area contributed by atoms with Crippen molar-refractivity contribution in [3.05, 3.63) is 85.2 Å². The summed E-state index contributed by atoms with van der Waals surface area (Å²) in [4.78, 5) is 60.4. The van der Waals surface area contributed by atoms with Gasteiger partial charge in [0, 0.05) is 17.5 Å². The third-order valence-electron chi connectivity index (χ3n) is 8.50. The number of H-pyrrole nitrogens is 1. The minimum atomic E-state index is -1.32. The average molecular weight is 746 g/mol. The highest BCUT2D eigenvalue weighted by molar-refractivity contribution is 6.32. The fourth-order valence-electron chi connectivity index (χ4n) is 6.01. The Morgan fingerprint density at radius 3 is 2.29 bits per heavy atom. The third-order valence-corrected chi connectivity index (χ3v) is 8.77. The first-order valence-corrected chi connectivity index (χ1v) is 16.7. The lowest BCUT2D eigenvalue weighted by Crippen LogP contribution is -2.53. The SMILES string of the molecule is CCCCC1=NC(Cl)=C(C(=O)O)[N+]1(CCOC(=O)OCCC(C)[C@@H](O[N+](=O)[O-])[C@@H](C)O[N+](=O)[O-])Cc1ccc(-c2ccccc2-c2nn[nH]n2)cc1. The van der Waals surface area contributed by atoms with Gasteiger partial charge in [-0.25, -0.2) is 14.1 Å². The van der Waals surface area contributed by atoms with Crippen molar-refractivity contribution in [2.75, 3.05) is 19.8 Å². The third kappa shape index (κ3) is 9.75. The minimum Gasteiger partial charge on any atom is -0.474 e. The molecule has 2 aromatic carbocycles. The molecule has 1 aliphatic rings. The van der Waals surface area contributed by atoms with Gasteiger partial charge in [-0.2, -0.15) is 10.2 Å². The smallest absolute Gasteiger partial charge is 0.474 e. The van der Waals surface area contributed by atoms with E-state index in [-0.39, 0.29) is 48.1 Å². The maximum Gasteiger partial charge on any atom is 0.508 e. The van der Waals surface area contributed by atoms with E-state index >= 15 is 0 Å². The standard InChI is InChI=1S/C32H37ClN8O11/c1-4-5-10-26-34-29(33)27(31(42)43)41(26,16-18-50-32(44)49-17-15-20(2)28(52-40(47)48)21(3)51-39(45)46)19-22-11-13-23(14-12-22)24-8-6-7-9-25(24)30-35-37-38-36-30/h6-9,11-14,20-21,28H,4-5,10,15-19H2,1-3H3,(H-,35,36,37,38,42,43)/p+1/t20?,21-,28-,41?/m1/s1. The molecule has 20 heteroatoms. The highest BCUT2D eigenvalue weighted by atomic mass is 35.5.